The number of para-hydroxylation sites is 1. The summed E-state index contributed by atoms with van der Waals surface area (Å²) in [5.74, 6) is 1.85. The van der Waals surface area contributed by atoms with E-state index >= 15 is 0 Å². The number of amides is 1. The Balaban J connectivity index is 2.75. The molecule has 12 nitrogen and oxygen atoms in total. The van der Waals surface area contributed by atoms with Gasteiger partial charge in [-0.3, -0.25) is 19.2 Å². The molecule has 0 saturated carbocycles. The molecule has 1 amide bonds. The van der Waals surface area contributed by atoms with Crippen molar-refractivity contribution >= 4 is 56.5 Å². The summed E-state index contributed by atoms with van der Waals surface area (Å²) in [5.41, 5.74) is -1.07. The number of hydrogen-bond donors (Lipinski definition) is 1. The van der Waals surface area contributed by atoms with Gasteiger partial charge in [-0.05, 0) is 12.1 Å². The third kappa shape index (κ3) is 25.1. The fourth-order valence-electron chi connectivity index (χ4n) is 3.43. The Morgan fingerprint density at radius 3 is 1.33 bits per heavy atom. The van der Waals surface area contributed by atoms with Crippen LogP contribution in [0.25, 0.3) is 0 Å². The van der Waals surface area contributed by atoms with Gasteiger partial charge in [0.1, 0.15) is 11.3 Å². The summed E-state index contributed by atoms with van der Waals surface area (Å²) in [6.07, 6.45) is 0. The monoisotopic (exact) mass is 693 g/mol. The van der Waals surface area contributed by atoms with Crippen molar-refractivity contribution in [1.29, 1.82) is 0 Å². The Hall–Kier alpha value is -1.69. The van der Waals surface area contributed by atoms with Crippen molar-refractivity contribution in [3.63, 3.8) is 0 Å². The van der Waals surface area contributed by atoms with E-state index in [9.17, 15) is 19.2 Å². The number of ether oxygens (including phenoxy) is 7. The molecule has 0 bridgehead atoms. The molecule has 0 aliphatic heterocycles. The summed E-state index contributed by atoms with van der Waals surface area (Å²) in [7, 11) is 0. The zero-order chi connectivity index (χ0) is 33.0. The molecular weight excluding hydrogens is 647 g/mol. The van der Waals surface area contributed by atoms with Crippen LogP contribution in [0.5, 0.6) is 5.75 Å². The maximum absolute atomic E-state index is 13.1. The van der Waals surface area contributed by atoms with Crippen molar-refractivity contribution in [2.24, 2.45) is 0 Å². The SMILES string of the molecule is CC(=O)SCCOCCOCC(COCCOCCSC(C)=O)(COCCOCCSC(C)=O)NC(=O)COc1ccccc1. The number of rotatable bonds is 28. The maximum atomic E-state index is 13.1. The molecule has 0 heterocycles. The van der Waals surface area contributed by atoms with Gasteiger partial charge < -0.3 is 38.5 Å². The van der Waals surface area contributed by atoms with Crippen molar-refractivity contribution in [3.8, 4) is 5.75 Å². The minimum Gasteiger partial charge on any atom is -0.484 e. The fraction of sp³-hybridized carbons (Fsp3) is 0.667. The van der Waals surface area contributed by atoms with E-state index < -0.39 is 5.54 Å². The Bertz CT molecular complexity index is 882. The van der Waals surface area contributed by atoms with Gasteiger partial charge in [-0.2, -0.15) is 0 Å². The molecule has 0 aliphatic carbocycles. The number of carbonyl (C=O) groups excluding carboxylic acids is 4. The summed E-state index contributed by atoms with van der Waals surface area (Å²) >= 11 is 3.59. The standard InChI is InChI=1S/C30H47NO11S3/c1-25(32)43-18-15-36-9-12-39-22-30(23-40-13-10-37-16-19-44-26(2)33,24-41-14-11-38-17-20-45-27(3)34)31-29(35)21-42-28-7-5-4-6-8-28/h4-8H,9-24H2,1-3H3,(H,31,35). The van der Waals surface area contributed by atoms with Gasteiger partial charge in [0, 0.05) is 38.0 Å². The van der Waals surface area contributed by atoms with Crippen LogP contribution < -0.4 is 10.1 Å². The first-order valence-electron chi connectivity index (χ1n) is 14.6. The molecule has 0 radical (unpaired) electrons. The highest BCUT2D eigenvalue weighted by Crippen LogP contribution is 2.12. The van der Waals surface area contributed by atoms with E-state index in [0.717, 1.165) is 0 Å². The lowest BCUT2D eigenvalue weighted by Crippen LogP contribution is -2.59. The van der Waals surface area contributed by atoms with Crippen molar-refractivity contribution in [3.05, 3.63) is 30.3 Å². The van der Waals surface area contributed by atoms with Crippen LogP contribution in [0.3, 0.4) is 0 Å². The highest BCUT2D eigenvalue weighted by atomic mass is 32.2. The van der Waals surface area contributed by atoms with Crippen LogP contribution in [0, 0.1) is 0 Å². The number of carbonyl (C=O) groups is 4. The molecule has 0 unspecified atom stereocenters. The molecule has 0 atom stereocenters. The molecule has 0 aliphatic rings. The second-order valence-corrected chi connectivity index (χ2v) is 13.3. The molecule has 256 valence electrons. The second kappa shape index (κ2) is 27.4. The highest BCUT2D eigenvalue weighted by molar-refractivity contribution is 8.14. The molecule has 15 heteroatoms. The summed E-state index contributed by atoms with van der Waals surface area (Å²) in [6.45, 7) is 7.37. The molecule has 0 spiro atoms. The van der Waals surface area contributed by atoms with E-state index in [-0.39, 0.29) is 67.5 Å². The van der Waals surface area contributed by atoms with Crippen molar-refractivity contribution in [2.75, 3.05) is 103 Å². The van der Waals surface area contributed by atoms with Gasteiger partial charge in [-0.15, -0.1) is 0 Å². The first-order chi connectivity index (χ1) is 21.7. The van der Waals surface area contributed by atoms with Crippen LogP contribution >= 0.6 is 35.3 Å². The summed E-state index contributed by atoms with van der Waals surface area (Å²) in [6, 6.07) is 9.00. The van der Waals surface area contributed by atoms with E-state index in [1.165, 1.54) is 56.1 Å². The quantitative estimate of drug-likeness (QED) is 0.128. The third-order valence-corrected chi connectivity index (χ3v) is 7.70. The van der Waals surface area contributed by atoms with Crippen LogP contribution in [0.2, 0.25) is 0 Å². The lowest BCUT2D eigenvalue weighted by atomic mass is 10.0. The Morgan fingerprint density at radius 2 is 0.956 bits per heavy atom. The zero-order valence-electron chi connectivity index (χ0n) is 26.4. The Labute approximate surface area is 279 Å². The number of thioether (sulfide) groups is 3. The zero-order valence-corrected chi connectivity index (χ0v) is 28.9. The lowest BCUT2D eigenvalue weighted by Gasteiger charge is -2.34. The van der Waals surface area contributed by atoms with Crippen LogP contribution in [-0.4, -0.2) is 130 Å². The first kappa shape index (κ1) is 41.3. The minimum absolute atomic E-state index is 0.0346. The smallest absolute Gasteiger partial charge is 0.258 e. The highest BCUT2D eigenvalue weighted by Gasteiger charge is 2.34. The Morgan fingerprint density at radius 1 is 0.578 bits per heavy atom. The summed E-state index contributed by atoms with van der Waals surface area (Å²) in [4.78, 5) is 46.3. The number of benzene rings is 1. The molecule has 0 aromatic heterocycles. The first-order valence-corrected chi connectivity index (χ1v) is 17.5. The molecular formula is C30H47NO11S3. The molecule has 1 rings (SSSR count). The van der Waals surface area contributed by atoms with Gasteiger partial charge >= 0.3 is 0 Å². The van der Waals surface area contributed by atoms with E-state index in [1.807, 2.05) is 18.2 Å². The van der Waals surface area contributed by atoms with E-state index in [2.05, 4.69) is 5.32 Å². The molecule has 1 aromatic carbocycles. The van der Waals surface area contributed by atoms with Crippen LogP contribution in [0.1, 0.15) is 20.8 Å². The van der Waals surface area contributed by atoms with Crippen molar-refractivity contribution < 1.29 is 52.3 Å². The molecule has 1 aromatic rings. The predicted octanol–water partition coefficient (Wildman–Crippen LogP) is 2.86. The molecule has 1 N–H and O–H groups in total. The predicted molar refractivity (Wildman–Crippen MR) is 177 cm³/mol. The third-order valence-electron chi connectivity index (χ3n) is 5.37. The Kier molecular flexibility index (Phi) is 25.2. The average molecular weight is 694 g/mol. The molecule has 45 heavy (non-hydrogen) atoms. The largest absolute Gasteiger partial charge is 0.484 e. The van der Waals surface area contributed by atoms with Gasteiger partial charge in [0.25, 0.3) is 5.91 Å². The van der Waals surface area contributed by atoms with Gasteiger partial charge in [-0.1, -0.05) is 53.5 Å². The second-order valence-electron chi connectivity index (χ2n) is 9.45. The topological polar surface area (TPSA) is 145 Å². The van der Waals surface area contributed by atoms with Gasteiger partial charge in [-0.25, -0.2) is 0 Å². The maximum Gasteiger partial charge on any atom is 0.258 e. The van der Waals surface area contributed by atoms with Gasteiger partial charge in [0.05, 0.1) is 79.3 Å². The normalized spacial score (nSPS) is 11.4. The summed E-state index contributed by atoms with van der Waals surface area (Å²) < 4.78 is 40.0. The molecule has 0 fully saturated rings. The van der Waals surface area contributed by atoms with E-state index in [1.54, 1.807) is 12.1 Å². The van der Waals surface area contributed by atoms with Crippen LogP contribution in [0.4, 0.5) is 0 Å². The molecule has 0 saturated heterocycles. The van der Waals surface area contributed by atoms with Crippen molar-refractivity contribution in [2.45, 2.75) is 26.3 Å². The summed E-state index contributed by atoms with van der Waals surface area (Å²) in [5, 5.41) is 3.09. The number of nitrogens with one attached hydrogen (secondary N) is 1. The number of hydrogen-bond acceptors (Lipinski definition) is 14. The average Bonchev–Trinajstić information content (AvgIpc) is 3.00. The van der Waals surface area contributed by atoms with Gasteiger partial charge in [0.2, 0.25) is 0 Å². The lowest BCUT2D eigenvalue weighted by molar-refractivity contribution is -0.130. The van der Waals surface area contributed by atoms with Crippen LogP contribution in [0.15, 0.2) is 30.3 Å². The fourth-order valence-corrected chi connectivity index (χ4v) is 4.89. The minimum atomic E-state index is -1.07. The van der Waals surface area contributed by atoms with Crippen LogP contribution in [-0.2, 0) is 47.6 Å². The van der Waals surface area contributed by atoms with Gasteiger partial charge in [0.15, 0.2) is 22.0 Å². The van der Waals surface area contributed by atoms with E-state index in [4.69, 9.17) is 33.2 Å². The van der Waals surface area contributed by atoms with E-state index in [0.29, 0.717) is 62.6 Å². The van der Waals surface area contributed by atoms with Crippen molar-refractivity contribution in [1.82, 2.24) is 5.32 Å².